The quantitative estimate of drug-likeness (QED) is 0.291. The minimum atomic E-state index is -0.290. The first-order chi connectivity index (χ1) is 19.9. The lowest BCUT2D eigenvalue weighted by atomic mass is 9.78. The zero-order valence-corrected chi connectivity index (χ0v) is 24.9. The summed E-state index contributed by atoms with van der Waals surface area (Å²) in [4.78, 5) is 21.3. The lowest BCUT2D eigenvalue weighted by molar-refractivity contribution is -0.124. The van der Waals surface area contributed by atoms with E-state index in [2.05, 4.69) is 36.2 Å². The Kier molecular flexibility index (Phi) is 9.96. The predicted octanol–water partition coefficient (Wildman–Crippen LogP) is 6.36. The topological polar surface area (TPSA) is 92.1 Å². The van der Waals surface area contributed by atoms with E-state index in [1.54, 1.807) is 13.3 Å². The number of carbonyl (C=O) groups is 1. The van der Waals surface area contributed by atoms with Crippen molar-refractivity contribution < 1.29 is 24.5 Å². The second-order valence-electron chi connectivity index (χ2n) is 11.5. The molecule has 41 heavy (non-hydrogen) atoms. The summed E-state index contributed by atoms with van der Waals surface area (Å²) in [6.45, 7) is 2.97. The third kappa shape index (κ3) is 7.29. The van der Waals surface area contributed by atoms with Crippen LogP contribution in [0.5, 0.6) is 10.9 Å². The van der Waals surface area contributed by atoms with Crippen molar-refractivity contribution in [2.75, 3.05) is 31.8 Å². The van der Waals surface area contributed by atoms with Gasteiger partial charge in [0.25, 0.3) is 5.19 Å². The van der Waals surface area contributed by atoms with Crippen LogP contribution in [0.25, 0.3) is 10.4 Å². The summed E-state index contributed by atoms with van der Waals surface area (Å²) in [6.07, 6.45) is 8.75. The van der Waals surface area contributed by atoms with Gasteiger partial charge < -0.3 is 24.6 Å². The average Bonchev–Trinajstić information content (AvgIpc) is 3.48. The lowest BCUT2D eigenvalue weighted by Crippen LogP contribution is -2.41. The number of nitrogens with zero attached hydrogens (tertiary/aromatic N) is 2. The molecule has 0 spiro atoms. The Bertz CT molecular complexity index is 1290. The van der Waals surface area contributed by atoms with Crippen LogP contribution in [0.4, 0.5) is 5.69 Å². The number of anilines is 1. The molecule has 2 fully saturated rings. The first-order valence-electron chi connectivity index (χ1n) is 14.9. The van der Waals surface area contributed by atoms with Gasteiger partial charge in [0.1, 0.15) is 12.4 Å². The molecular weight excluding hydrogens is 536 g/mol. The Morgan fingerprint density at radius 1 is 1.05 bits per heavy atom. The highest BCUT2D eigenvalue weighted by molar-refractivity contribution is 7.16. The molecule has 5 rings (SSSR count). The number of hydrogen-bond acceptors (Lipinski definition) is 7. The molecule has 0 atom stereocenters. The molecule has 220 valence electrons. The Hall–Kier alpha value is -2.94. The van der Waals surface area contributed by atoms with E-state index in [1.165, 1.54) is 22.5 Å². The molecule has 2 aliphatic rings. The molecule has 8 heteroatoms. The summed E-state index contributed by atoms with van der Waals surface area (Å²) in [6, 6.07) is 14.7. The molecule has 2 saturated carbocycles. The number of carbonyl (C=O) groups excluding carboxylic acids is 1. The van der Waals surface area contributed by atoms with Crippen LogP contribution in [-0.2, 0) is 4.79 Å². The molecular formula is C33H42N2O5S. The van der Waals surface area contributed by atoms with Gasteiger partial charge >= 0.3 is 0 Å². The van der Waals surface area contributed by atoms with E-state index in [-0.39, 0.29) is 31.1 Å². The molecule has 0 saturated heterocycles. The number of aliphatic hydroxyl groups excluding tert-OH is 2. The van der Waals surface area contributed by atoms with Crippen LogP contribution in [0.15, 0.2) is 48.7 Å². The van der Waals surface area contributed by atoms with Gasteiger partial charge in [0.15, 0.2) is 0 Å². The van der Waals surface area contributed by atoms with Gasteiger partial charge in [-0.05, 0) is 105 Å². The van der Waals surface area contributed by atoms with Crippen molar-refractivity contribution in [1.29, 1.82) is 0 Å². The van der Waals surface area contributed by atoms with Crippen molar-refractivity contribution >= 4 is 22.9 Å². The number of aryl methyl sites for hydroxylation is 1. The largest absolute Gasteiger partial charge is 0.496 e. The fourth-order valence-electron chi connectivity index (χ4n) is 6.38. The number of thiazole rings is 1. The van der Waals surface area contributed by atoms with E-state index in [9.17, 15) is 9.90 Å². The highest BCUT2D eigenvalue weighted by Gasteiger charge is 2.32. The predicted molar refractivity (Wildman–Crippen MR) is 163 cm³/mol. The summed E-state index contributed by atoms with van der Waals surface area (Å²) in [5.74, 6) is 2.04. The number of ether oxygens (including phenoxy) is 2. The van der Waals surface area contributed by atoms with Gasteiger partial charge in [0, 0.05) is 24.3 Å². The van der Waals surface area contributed by atoms with Crippen LogP contribution in [-0.4, -0.2) is 54.1 Å². The molecule has 7 nitrogen and oxygen atoms in total. The molecule has 0 bridgehead atoms. The zero-order valence-electron chi connectivity index (χ0n) is 24.1. The molecule has 0 aliphatic heterocycles. The molecule has 2 aliphatic carbocycles. The smallest absolute Gasteiger partial charge is 0.273 e. The Labute approximate surface area is 247 Å². The summed E-state index contributed by atoms with van der Waals surface area (Å²) in [7, 11) is 1.72. The highest BCUT2D eigenvalue weighted by Crippen LogP contribution is 2.39. The van der Waals surface area contributed by atoms with Crippen molar-refractivity contribution in [3.05, 3.63) is 59.8 Å². The Balaban J connectivity index is 1.32. The highest BCUT2D eigenvalue weighted by atomic mass is 32.1. The fourth-order valence-corrected chi connectivity index (χ4v) is 7.16. The summed E-state index contributed by atoms with van der Waals surface area (Å²) in [5.41, 5.74) is 4.47. The van der Waals surface area contributed by atoms with E-state index >= 15 is 0 Å². The van der Waals surface area contributed by atoms with Crippen molar-refractivity contribution in [1.82, 2.24) is 4.98 Å². The summed E-state index contributed by atoms with van der Waals surface area (Å²) < 4.78 is 10.9. The molecule has 1 heterocycles. The van der Waals surface area contributed by atoms with Gasteiger partial charge in [0.2, 0.25) is 5.91 Å². The van der Waals surface area contributed by atoms with Crippen LogP contribution in [0, 0.1) is 18.8 Å². The van der Waals surface area contributed by atoms with Gasteiger partial charge in [-0.15, -0.1) is 0 Å². The number of aromatic nitrogens is 1. The monoisotopic (exact) mass is 578 g/mol. The fraction of sp³-hybridized carbons (Fsp3) is 0.515. The number of methoxy groups -OCH3 is 1. The molecule has 1 amide bonds. The van der Waals surface area contributed by atoms with E-state index in [4.69, 9.17) is 14.6 Å². The van der Waals surface area contributed by atoms with Gasteiger partial charge in [-0.1, -0.05) is 35.6 Å². The summed E-state index contributed by atoms with van der Waals surface area (Å²) in [5, 5.41) is 19.6. The first kappa shape index (κ1) is 29.5. The third-order valence-corrected chi connectivity index (χ3v) is 9.69. The SMILES string of the molecule is COc1ccc(C2CCC(CN(C(=O)C3CCC(O)CC3)c3cccc(-c4cnc(OCCO)s4)c3)CC2)cc1C. The van der Waals surface area contributed by atoms with Crippen molar-refractivity contribution in [2.24, 2.45) is 11.8 Å². The maximum Gasteiger partial charge on any atom is 0.273 e. The zero-order chi connectivity index (χ0) is 28.8. The molecule has 1 aromatic heterocycles. The molecule has 0 radical (unpaired) electrons. The Morgan fingerprint density at radius 2 is 1.83 bits per heavy atom. The van der Waals surface area contributed by atoms with E-state index in [0.717, 1.165) is 60.4 Å². The minimum absolute atomic E-state index is 0.0532. The van der Waals surface area contributed by atoms with E-state index in [1.807, 2.05) is 23.1 Å². The molecule has 0 unspecified atom stereocenters. The number of amides is 1. The number of rotatable bonds is 10. The van der Waals surface area contributed by atoms with Gasteiger partial charge in [-0.25, -0.2) is 4.98 Å². The van der Waals surface area contributed by atoms with Crippen LogP contribution >= 0.6 is 11.3 Å². The van der Waals surface area contributed by atoms with Crippen molar-refractivity contribution in [3.8, 4) is 21.4 Å². The lowest BCUT2D eigenvalue weighted by Gasteiger charge is -2.36. The van der Waals surface area contributed by atoms with Gasteiger partial charge in [-0.2, -0.15) is 0 Å². The number of benzene rings is 2. The van der Waals surface area contributed by atoms with Crippen molar-refractivity contribution in [2.45, 2.75) is 70.3 Å². The van der Waals surface area contributed by atoms with Crippen LogP contribution in [0.1, 0.15) is 68.4 Å². The van der Waals surface area contributed by atoms with Crippen LogP contribution in [0.3, 0.4) is 0 Å². The second-order valence-corrected chi connectivity index (χ2v) is 12.5. The number of hydrogen-bond donors (Lipinski definition) is 2. The van der Waals surface area contributed by atoms with Crippen molar-refractivity contribution in [3.63, 3.8) is 0 Å². The van der Waals surface area contributed by atoms with E-state index in [0.29, 0.717) is 36.4 Å². The standard InChI is InChI=1S/C33H42N2O5S/c1-22-18-26(12-15-30(22)39-2)24-8-6-23(7-9-24)21-35(32(38)25-10-13-29(37)14-11-25)28-5-3-4-27(19-28)31-20-34-33(41-31)40-17-16-36/h3-5,12,15,18-20,23-25,29,36-37H,6-11,13-14,16-17,21H2,1-2H3. The van der Waals surface area contributed by atoms with Crippen LogP contribution < -0.4 is 14.4 Å². The second kappa shape index (κ2) is 13.8. The molecule has 2 N–H and O–H groups in total. The first-order valence-corrected chi connectivity index (χ1v) is 15.7. The third-order valence-electron chi connectivity index (χ3n) is 8.73. The number of aliphatic hydroxyl groups is 2. The molecule has 3 aromatic rings. The van der Waals surface area contributed by atoms with Gasteiger partial charge in [-0.3, -0.25) is 4.79 Å². The Morgan fingerprint density at radius 3 is 2.54 bits per heavy atom. The summed E-state index contributed by atoms with van der Waals surface area (Å²) >= 11 is 1.44. The normalized spacial score (nSPS) is 22.7. The maximum atomic E-state index is 14.0. The minimum Gasteiger partial charge on any atom is -0.496 e. The van der Waals surface area contributed by atoms with E-state index < -0.39 is 0 Å². The van der Waals surface area contributed by atoms with Crippen LogP contribution in [0.2, 0.25) is 0 Å². The molecule has 2 aromatic carbocycles. The van der Waals surface area contributed by atoms with Gasteiger partial charge in [0.05, 0.1) is 24.7 Å². The maximum absolute atomic E-state index is 14.0. The average molecular weight is 579 g/mol.